The van der Waals surface area contributed by atoms with E-state index >= 15 is 0 Å². The first-order valence-electron chi connectivity index (χ1n) is 8.21. The fraction of sp³-hybridized carbons (Fsp3) is 0.588. The van der Waals surface area contributed by atoms with E-state index in [1.54, 1.807) is 4.90 Å². The molecule has 5 heteroatoms. The Labute approximate surface area is 132 Å². The minimum Gasteiger partial charge on any atom is -0.453 e. The molecule has 0 spiro atoms. The van der Waals surface area contributed by atoms with Gasteiger partial charge in [-0.2, -0.15) is 0 Å². The summed E-state index contributed by atoms with van der Waals surface area (Å²) in [6.45, 7) is 5.52. The van der Waals surface area contributed by atoms with Gasteiger partial charge >= 0.3 is 6.09 Å². The number of rotatable bonds is 2. The molecule has 5 nitrogen and oxygen atoms in total. The lowest BCUT2D eigenvalue weighted by molar-refractivity contribution is 0.121. The summed E-state index contributed by atoms with van der Waals surface area (Å²) in [7, 11) is 1.44. The predicted octanol–water partition coefficient (Wildman–Crippen LogP) is 2.57. The van der Waals surface area contributed by atoms with Gasteiger partial charge in [0.05, 0.1) is 7.11 Å². The monoisotopic (exact) mass is 303 g/mol. The van der Waals surface area contributed by atoms with Crippen molar-refractivity contribution >= 4 is 17.5 Å². The number of carbonyl (C=O) groups excluding carboxylic acids is 1. The third kappa shape index (κ3) is 3.29. The minimum atomic E-state index is -0.222. The summed E-state index contributed by atoms with van der Waals surface area (Å²) < 4.78 is 4.78. The Morgan fingerprint density at radius 2 is 1.32 bits per heavy atom. The highest BCUT2D eigenvalue weighted by Crippen LogP contribution is 2.24. The van der Waals surface area contributed by atoms with Crippen LogP contribution in [0.2, 0.25) is 0 Å². The number of piperazine rings is 1. The molecule has 2 heterocycles. The standard InChI is InChI=1S/C17H25N3O2/c1-22-17(21)20-13-11-19(12-14-20)16-7-5-15(6-8-16)18-9-3-2-4-10-18/h5-8H,2-4,9-14H2,1H3. The number of hydrogen-bond donors (Lipinski definition) is 0. The van der Waals surface area contributed by atoms with E-state index in [2.05, 4.69) is 34.1 Å². The normalized spacial score (nSPS) is 19.2. The minimum absolute atomic E-state index is 0.222. The maximum atomic E-state index is 11.5. The first-order chi connectivity index (χ1) is 10.8. The van der Waals surface area contributed by atoms with Gasteiger partial charge in [-0.25, -0.2) is 4.79 Å². The topological polar surface area (TPSA) is 36.0 Å². The number of piperidine rings is 1. The summed E-state index contributed by atoms with van der Waals surface area (Å²) in [5, 5.41) is 0. The molecule has 0 radical (unpaired) electrons. The molecule has 3 rings (SSSR count). The average molecular weight is 303 g/mol. The van der Waals surface area contributed by atoms with Crippen molar-refractivity contribution in [3.05, 3.63) is 24.3 Å². The molecule has 22 heavy (non-hydrogen) atoms. The van der Waals surface area contributed by atoms with Crippen LogP contribution in [0.4, 0.5) is 16.2 Å². The Bertz CT molecular complexity index is 489. The molecule has 0 saturated carbocycles. The summed E-state index contributed by atoms with van der Waals surface area (Å²) in [6.07, 6.45) is 3.74. The van der Waals surface area contributed by atoms with Crippen molar-refractivity contribution in [3.8, 4) is 0 Å². The van der Waals surface area contributed by atoms with Gasteiger partial charge in [0.2, 0.25) is 0 Å². The molecular weight excluding hydrogens is 278 g/mol. The Morgan fingerprint density at radius 3 is 1.82 bits per heavy atom. The lowest BCUT2D eigenvalue weighted by Crippen LogP contribution is -2.48. The Balaban J connectivity index is 1.58. The zero-order valence-corrected chi connectivity index (χ0v) is 13.3. The molecule has 2 aliphatic rings. The lowest BCUT2D eigenvalue weighted by atomic mass is 10.1. The second-order valence-corrected chi connectivity index (χ2v) is 6.01. The van der Waals surface area contributed by atoms with Crippen LogP contribution < -0.4 is 9.80 Å². The van der Waals surface area contributed by atoms with Crippen molar-refractivity contribution in [1.29, 1.82) is 0 Å². The second-order valence-electron chi connectivity index (χ2n) is 6.01. The van der Waals surface area contributed by atoms with Gasteiger partial charge in [0.1, 0.15) is 0 Å². The van der Waals surface area contributed by atoms with Gasteiger partial charge in [-0.05, 0) is 43.5 Å². The number of anilines is 2. The third-order valence-corrected chi connectivity index (χ3v) is 4.65. The van der Waals surface area contributed by atoms with E-state index < -0.39 is 0 Å². The van der Waals surface area contributed by atoms with Crippen molar-refractivity contribution in [3.63, 3.8) is 0 Å². The lowest BCUT2D eigenvalue weighted by Gasteiger charge is -2.35. The number of methoxy groups -OCH3 is 1. The van der Waals surface area contributed by atoms with E-state index in [1.807, 2.05) is 0 Å². The summed E-state index contributed by atoms with van der Waals surface area (Å²) in [5.41, 5.74) is 2.57. The van der Waals surface area contributed by atoms with E-state index in [9.17, 15) is 4.79 Å². The molecule has 0 aliphatic carbocycles. The van der Waals surface area contributed by atoms with Crippen molar-refractivity contribution < 1.29 is 9.53 Å². The maximum Gasteiger partial charge on any atom is 0.409 e. The van der Waals surface area contributed by atoms with Crippen LogP contribution in [0.15, 0.2) is 24.3 Å². The molecular formula is C17H25N3O2. The largest absolute Gasteiger partial charge is 0.453 e. The zero-order valence-electron chi connectivity index (χ0n) is 13.3. The first-order valence-corrected chi connectivity index (χ1v) is 8.21. The number of carbonyl (C=O) groups is 1. The molecule has 2 fully saturated rings. The number of nitrogens with zero attached hydrogens (tertiary/aromatic N) is 3. The van der Waals surface area contributed by atoms with Crippen LogP contribution in [0.5, 0.6) is 0 Å². The molecule has 2 saturated heterocycles. The molecule has 0 aromatic heterocycles. The van der Waals surface area contributed by atoms with Crippen molar-refractivity contribution in [2.24, 2.45) is 0 Å². The Kier molecular flexibility index (Phi) is 4.71. The van der Waals surface area contributed by atoms with Crippen molar-refractivity contribution in [2.75, 3.05) is 56.2 Å². The Hall–Kier alpha value is -1.91. The van der Waals surface area contributed by atoms with Gasteiger partial charge in [0, 0.05) is 50.6 Å². The summed E-state index contributed by atoms with van der Waals surface area (Å²) in [4.78, 5) is 18.1. The maximum absolute atomic E-state index is 11.5. The molecule has 1 aromatic rings. The molecule has 0 atom stereocenters. The van der Waals surface area contributed by atoms with Crippen LogP contribution >= 0.6 is 0 Å². The van der Waals surface area contributed by atoms with Crippen LogP contribution in [0, 0.1) is 0 Å². The van der Waals surface area contributed by atoms with Crippen LogP contribution in [0.1, 0.15) is 19.3 Å². The number of amides is 1. The highest BCUT2D eigenvalue weighted by atomic mass is 16.5. The second kappa shape index (κ2) is 6.90. The highest BCUT2D eigenvalue weighted by molar-refractivity contribution is 5.68. The van der Waals surface area contributed by atoms with Crippen LogP contribution in [-0.4, -0.2) is 57.4 Å². The fourth-order valence-electron chi connectivity index (χ4n) is 3.30. The third-order valence-electron chi connectivity index (χ3n) is 4.65. The summed E-state index contributed by atoms with van der Waals surface area (Å²) in [6, 6.07) is 8.87. The molecule has 0 unspecified atom stereocenters. The van der Waals surface area contributed by atoms with E-state index in [0.717, 1.165) is 26.2 Å². The van der Waals surface area contributed by atoms with Crippen molar-refractivity contribution in [2.45, 2.75) is 19.3 Å². The molecule has 0 N–H and O–H groups in total. The van der Waals surface area contributed by atoms with E-state index in [1.165, 1.54) is 50.8 Å². The highest BCUT2D eigenvalue weighted by Gasteiger charge is 2.21. The molecule has 1 amide bonds. The van der Waals surface area contributed by atoms with Gasteiger partial charge in [-0.3, -0.25) is 0 Å². The van der Waals surface area contributed by atoms with Gasteiger partial charge in [0.25, 0.3) is 0 Å². The van der Waals surface area contributed by atoms with Crippen LogP contribution in [0.25, 0.3) is 0 Å². The predicted molar refractivity (Wildman–Crippen MR) is 88.7 cm³/mol. The molecule has 2 aliphatic heterocycles. The smallest absolute Gasteiger partial charge is 0.409 e. The number of hydrogen-bond acceptors (Lipinski definition) is 4. The average Bonchev–Trinajstić information content (AvgIpc) is 2.62. The van der Waals surface area contributed by atoms with E-state index in [4.69, 9.17) is 4.74 Å². The summed E-state index contributed by atoms with van der Waals surface area (Å²) >= 11 is 0. The van der Waals surface area contributed by atoms with Crippen LogP contribution in [-0.2, 0) is 4.74 Å². The van der Waals surface area contributed by atoms with E-state index in [0.29, 0.717) is 0 Å². The molecule has 0 bridgehead atoms. The van der Waals surface area contributed by atoms with Gasteiger partial charge in [-0.1, -0.05) is 0 Å². The fourth-order valence-corrected chi connectivity index (χ4v) is 3.30. The van der Waals surface area contributed by atoms with Gasteiger partial charge in [0.15, 0.2) is 0 Å². The molecule has 1 aromatic carbocycles. The van der Waals surface area contributed by atoms with Gasteiger partial charge in [-0.15, -0.1) is 0 Å². The quantitative estimate of drug-likeness (QED) is 0.841. The zero-order chi connectivity index (χ0) is 15.4. The Morgan fingerprint density at radius 1 is 0.818 bits per heavy atom. The van der Waals surface area contributed by atoms with E-state index in [-0.39, 0.29) is 6.09 Å². The summed E-state index contributed by atoms with van der Waals surface area (Å²) in [5.74, 6) is 0. The SMILES string of the molecule is COC(=O)N1CCN(c2ccc(N3CCCCC3)cc2)CC1. The molecule has 120 valence electrons. The van der Waals surface area contributed by atoms with Crippen LogP contribution in [0.3, 0.4) is 0 Å². The number of ether oxygens (including phenoxy) is 1. The van der Waals surface area contributed by atoms with Crippen molar-refractivity contribution in [1.82, 2.24) is 4.90 Å². The first kappa shape index (κ1) is 15.0. The number of benzene rings is 1. The van der Waals surface area contributed by atoms with Gasteiger partial charge < -0.3 is 19.4 Å².